The highest BCUT2D eigenvalue weighted by Gasteiger charge is 2.09. The van der Waals surface area contributed by atoms with Crippen LogP contribution >= 0.6 is 0 Å². The first-order valence-corrected chi connectivity index (χ1v) is 7.68. The maximum Gasteiger partial charge on any atom is 0.274 e. The molecule has 124 valence electrons. The van der Waals surface area contributed by atoms with Gasteiger partial charge in [0.25, 0.3) is 11.8 Å². The second kappa shape index (κ2) is 7.35. The molecule has 2 N–H and O–H groups in total. The lowest BCUT2D eigenvalue weighted by atomic mass is 10.2. The normalized spacial score (nSPS) is 10.1. The molecule has 0 saturated carbocycles. The van der Waals surface area contributed by atoms with Crippen LogP contribution in [0.4, 0.5) is 11.4 Å². The minimum Gasteiger partial charge on any atom is -0.321 e. The van der Waals surface area contributed by atoms with Crippen molar-refractivity contribution in [1.29, 1.82) is 0 Å². The van der Waals surface area contributed by atoms with Gasteiger partial charge in [0.2, 0.25) is 0 Å². The van der Waals surface area contributed by atoms with Gasteiger partial charge >= 0.3 is 0 Å². The van der Waals surface area contributed by atoms with Crippen molar-refractivity contribution in [2.75, 3.05) is 10.6 Å². The number of benzene rings is 1. The SMILES string of the molecule is Cc1cccc(C(=O)Nc2ccc(C(=O)Nc3cccnc3)cc2)n1. The molecule has 2 amide bonds. The van der Waals surface area contributed by atoms with Gasteiger partial charge in [0.15, 0.2) is 0 Å². The molecule has 0 spiro atoms. The molecular weight excluding hydrogens is 316 g/mol. The van der Waals surface area contributed by atoms with Crippen LogP contribution in [0.25, 0.3) is 0 Å². The van der Waals surface area contributed by atoms with Gasteiger partial charge in [-0.05, 0) is 55.5 Å². The number of aromatic nitrogens is 2. The smallest absolute Gasteiger partial charge is 0.274 e. The molecule has 0 atom stereocenters. The Morgan fingerprint density at radius 3 is 2.28 bits per heavy atom. The van der Waals surface area contributed by atoms with Crippen molar-refractivity contribution in [1.82, 2.24) is 9.97 Å². The number of nitrogens with one attached hydrogen (secondary N) is 2. The van der Waals surface area contributed by atoms with Crippen molar-refractivity contribution in [3.63, 3.8) is 0 Å². The Bertz CT molecular complexity index is 893. The Morgan fingerprint density at radius 2 is 1.60 bits per heavy atom. The predicted octanol–water partition coefficient (Wildman–Crippen LogP) is 3.29. The number of pyridine rings is 2. The van der Waals surface area contributed by atoms with E-state index in [2.05, 4.69) is 20.6 Å². The number of carbonyl (C=O) groups excluding carboxylic acids is 2. The molecule has 0 aliphatic carbocycles. The molecule has 25 heavy (non-hydrogen) atoms. The largest absolute Gasteiger partial charge is 0.321 e. The summed E-state index contributed by atoms with van der Waals surface area (Å²) < 4.78 is 0. The van der Waals surface area contributed by atoms with Gasteiger partial charge in [0.1, 0.15) is 5.69 Å². The van der Waals surface area contributed by atoms with Gasteiger partial charge in [-0.25, -0.2) is 4.98 Å². The summed E-state index contributed by atoms with van der Waals surface area (Å²) >= 11 is 0. The van der Waals surface area contributed by atoms with Gasteiger partial charge in [-0.1, -0.05) is 6.07 Å². The van der Waals surface area contributed by atoms with Gasteiger partial charge in [-0.3, -0.25) is 14.6 Å². The number of rotatable bonds is 4. The van der Waals surface area contributed by atoms with Crippen LogP contribution in [0.3, 0.4) is 0 Å². The van der Waals surface area contributed by atoms with E-state index in [9.17, 15) is 9.59 Å². The van der Waals surface area contributed by atoms with Gasteiger partial charge in [-0.2, -0.15) is 0 Å². The zero-order valence-corrected chi connectivity index (χ0v) is 13.6. The molecule has 3 rings (SSSR count). The minimum absolute atomic E-state index is 0.244. The third-order valence-corrected chi connectivity index (χ3v) is 3.45. The average molecular weight is 332 g/mol. The van der Waals surface area contributed by atoms with Gasteiger partial charge in [0.05, 0.1) is 11.9 Å². The Balaban J connectivity index is 1.66. The first-order chi connectivity index (χ1) is 12.1. The van der Waals surface area contributed by atoms with Gasteiger partial charge in [-0.15, -0.1) is 0 Å². The molecule has 0 fully saturated rings. The predicted molar refractivity (Wildman–Crippen MR) is 95.6 cm³/mol. The van der Waals surface area contributed by atoms with Crippen LogP contribution in [0.5, 0.6) is 0 Å². The van der Waals surface area contributed by atoms with Crippen molar-refractivity contribution < 1.29 is 9.59 Å². The lowest BCUT2D eigenvalue weighted by molar-refractivity contribution is 0.101. The highest BCUT2D eigenvalue weighted by Crippen LogP contribution is 2.13. The van der Waals surface area contributed by atoms with E-state index in [0.717, 1.165) is 5.69 Å². The standard InChI is InChI=1S/C19H16N4O2/c1-13-4-2-6-17(21-13)19(25)22-15-9-7-14(8-10-15)18(24)23-16-5-3-11-20-12-16/h2-12H,1H3,(H,22,25)(H,23,24). The highest BCUT2D eigenvalue weighted by atomic mass is 16.2. The molecule has 0 saturated heterocycles. The van der Waals surface area contributed by atoms with Crippen LogP contribution in [0.1, 0.15) is 26.5 Å². The zero-order valence-electron chi connectivity index (χ0n) is 13.6. The fourth-order valence-corrected chi connectivity index (χ4v) is 2.21. The van der Waals surface area contributed by atoms with Crippen molar-refractivity contribution in [3.05, 3.63) is 83.9 Å². The topological polar surface area (TPSA) is 84.0 Å². The third-order valence-electron chi connectivity index (χ3n) is 3.45. The summed E-state index contributed by atoms with van der Waals surface area (Å²) in [5.41, 5.74) is 2.81. The maximum absolute atomic E-state index is 12.2. The summed E-state index contributed by atoms with van der Waals surface area (Å²) in [6.07, 6.45) is 3.21. The average Bonchev–Trinajstić information content (AvgIpc) is 2.63. The van der Waals surface area contributed by atoms with Crippen molar-refractivity contribution in [2.45, 2.75) is 6.92 Å². The second-order valence-electron chi connectivity index (χ2n) is 5.39. The summed E-state index contributed by atoms with van der Waals surface area (Å²) in [6.45, 7) is 1.83. The zero-order chi connectivity index (χ0) is 17.6. The van der Waals surface area contributed by atoms with Crippen LogP contribution in [-0.4, -0.2) is 21.8 Å². The number of amides is 2. The van der Waals surface area contributed by atoms with Crippen LogP contribution < -0.4 is 10.6 Å². The summed E-state index contributed by atoms with van der Waals surface area (Å²) in [4.78, 5) is 32.5. The quantitative estimate of drug-likeness (QED) is 0.768. The van der Waals surface area contributed by atoms with E-state index in [1.54, 1.807) is 60.9 Å². The van der Waals surface area contributed by atoms with E-state index >= 15 is 0 Å². The van der Waals surface area contributed by atoms with E-state index in [4.69, 9.17) is 0 Å². The van der Waals surface area contributed by atoms with Crippen molar-refractivity contribution >= 4 is 23.2 Å². The first-order valence-electron chi connectivity index (χ1n) is 7.68. The van der Waals surface area contributed by atoms with Crippen LogP contribution in [-0.2, 0) is 0 Å². The molecule has 6 heteroatoms. The summed E-state index contributed by atoms with van der Waals surface area (Å²) in [7, 11) is 0. The van der Waals surface area contributed by atoms with Crippen LogP contribution in [0, 0.1) is 6.92 Å². The maximum atomic E-state index is 12.2. The molecule has 0 radical (unpaired) electrons. The lowest BCUT2D eigenvalue weighted by Gasteiger charge is -2.07. The van der Waals surface area contributed by atoms with Crippen LogP contribution in [0.15, 0.2) is 67.0 Å². The molecule has 1 aromatic carbocycles. The van der Waals surface area contributed by atoms with Gasteiger partial charge < -0.3 is 10.6 Å². The van der Waals surface area contributed by atoms with E-state index in [1.807, 2.05) is 13.0 Å². The summed E-state index contributed by atoms with van der Waals surface area (Å²) in [5.74, 6) is -0.539. The molecular formula is C19H16N4O2. The molecule has 3 aromatic rings. The van der Waals surface area contributed by atoms with Crippen molar-refractivity contribution in [2.24, 2.45) is 0 Å². The summed E-state index contributed by atoms with van der Waals surface area (Å²) in [6, 6.07) is 15.4. The fourth-order valence-electron chi connectivity index (χ4n) is 2.21. The Labute approximate surface area is 145 Å². The Hall–Kier alpha value is -3.54. The van der Waals surface area contributed by atoms with Crippen molar-refractivity contribution in [3.8, 4) is 0 Å². The Kier molecular flexibility index (Phi) is 4.80. The summed E-state index contributed by atoms with van der Waals surface area (Å²) in [5, 5.41) is 5.51. The molecule has 0 bridgehead atoms. The fraction of sp³-hybridized carbons (Fsp3) is 0.0526. The number of hydrogen-bond acceptors (Lipinski definition) is 4. The number of hydrogen-bond donors (Lipinski definition) is 2. The highest BCUT2D eigenvalue weighted by molar-refractivity contribution is 6.05. The number of nitrogens with zero attached hydrogens (tertiary/aromatic N) is 2. The molecule has 0 unspecified atom stereocenters. The Morgan fingerprint density at radius 1 is 0.840 bits per heavy atom. The van der Waals surface area contributed by atoms with E-state index in [0.29, 0.717) is 22.6 Å². The van der Waals surface area contributed by atoms with E-state index in [1.165, 1.54) is 0 Å². The number of anilines is 2. The van der Waals surface area contributed by atoms with Gasteiger partial charge in [0, 0.05) is 23.1 Å². The molecule has 0 aliphatic heterocycles. The second-order valence-corrected chi connectivity index (χ2v) is 5.39. The number of aryl methyl sites for hydroxylation is 1. The molecule has 0 aliphatic rings. The first kappa shape index (κ1) is 16.3. The molecule has 6 nitrogen and oxygen atoms in total. The molecule has 2 heterocycles. The van der Waals surface area contributed by atoms with E-state index < -0.39 is 0 Å². The molecule has 2 aromatic heterocycles. The minimum atomic E-state index is -0.295. The van der Waals surface area contributed by atoms with Crippen LogP contribution in [0.2, 0.25) is 0 Å². The number of carbonyl (C=O) groups is 2. The lowest BCUT2D eigenvalue weighted by Crippen LogP contribution is -2.15. The third kappa shape index (κ3) is 4.26. The monoisotopic (exact) mass is 332 g/mol. The van der Waals surface area contributed by atoms with E-state index in [-0.39, 0.29) is 11.8 Å².